The molecular formula is C19H14FN5. The fourth-order valence-electron chi connectivity index (χ4n) is 2.58. The Kier molecular flexibility index (Phi) is 3.70. The number of aromatic nitrogens is 3. The molecule has 0 unspecified atom stereocenters. The highest BCUT2D eigenvalue weighted by molar-refractivity contribution is 5.94. The summed E-state index contributed by atoms with van der Waals surface area (Å²) in [5, 5.41) is 4.00. The van der Waals surface area contributed by atoms with Gasteiger partial charge in [0.05, 0.1) is 11.1 Å². The molecule has 3 N–H and O–H groups in total. The first-order valence-corrected chi connectivity index (χ1v) is 7.70. The van der Waals surface area contributed by atoms with E-state index in [4.69, 9.17) is 5.73 Å². The minimum absolute atomic E-state index is 0.312. The predicted molar refractivity (Wildman–Crippen MR) is 96.9 cm³/mol. The van der Waals surface area contributed by atoms with Gasteiger partial charge in [0.2, 0.25) is 0 Å². The van der Waals surface area contributed by atoms with Crippen LogP contribution in [0.25, 0.3) is 22.3 Å². The summed E-state index contributed by atoms with van der Waals surface area (Å²) in [6, 6.07) is 15.4. The van der Waals surface area contributed by atoms with Crippen LogP contribution in [0.5, 0.6) is 0 Å². The van der Waals surface area contributed by atoms with Crippen LogP contribution in [-0.4, -0.2) is 15.0 Å². The van der Waals surface area contributed by atoms with Crippen molar-refractivity contribution < 1.29 is 4.39 Å². The van der Waals surface area contributed by atoms with Gasteiger partial charge in [-0.05, 0) is 42.5 Å². The first-order chi connectivity index (χ1) is 12.2. The Labute approximate surface area is 143 Å². The highest BCUT2D eigenvalue weighted by Crippen LogP contribution is 2.29. The van der Waals surface area contributed by atoms with E-state index >= 15 is 0 Å². The Morgan fingerprint density at radius 3 is 2.52 bits per heavy atom. The number of anilines is 3. The molecular weight excluding hydrogens is 317 g/mol. The maximum atomic E-state index is 14.2. The van der Waals surface area contributed by atoms with Crippen molar-refractivity contribution in [3.05, 3.63) is 72.8 Å². The number of hydrogen-bond acceptors (Lipinski definition) is 5. The lowest BCUT2D eigenvalue weighted by Crippen LogP contribution is -2.01. The number of halogens is 1. The number of nitrogens with one attached hydrogen (secondary N) is 1. The Bertz CT molecular complexity index is 1050. The van der Waals surface area contributed by atoms with Gasteiger partial charge in [0, 0.05) is 29.2 Å². The molecule has 0 aliphatic rings. The van der Waals surface area contributed by atoms with Crippen LogP contribution in [0, 0.1) is 5.82 Å². The number of nitrogen functional groups attached to an aromatic ring is 1. The molecule has 2 aromatic heterocycles. The number of nitrogens with zero attached hydrogens (tertiary/aromatic N) is 3. The number of fused-ring (bicyclic) bond motifs is 1. The molecule has 0 fully saturated rings. The highest BCUT2D eigenvalue weighted by Gasteiger charge is 2.13. The zero-order valence-corrected chi connectivity index (χ0v) is 13.1. The fraction of sp³-hybridized carbons (Fsp3) is 0. The van der Waals surface area contributed by atoms with E-state index in [0.29, 0.717) is 28.4 Å². The summed E-state index contributed by atoms with van der Waals surface area (Å²) in [5.41, 5.74) is 8.35. The van der Waals surface area contributed by atoms with Gasteiger partial charge in [0.1, 0.15) is 11.6 Å². The molecule has 4 aromatic rings. The standard InChI is InChI=1S/C19H14FN5/c20-16-4-2-1-3-14(16)18-24-17-6-5-12(21)11-15(17)19(25-18)23-13-7-9-22-10-8-13/h1-11H,21H2,(H,22,23,24,25). The van der Waals surface area contributed by atoms with Crippen molar-refractivity contribution in [2.24, 2.45) is 0 Å². The van der Waals surface area contributed by atoms with E-state index in [0.717, 1.165) is 11.1 Å². The lowest BCUT2D eigenvalue weighted by molar-refractivity contribution is 0.630. The lowest BCUT2D eigenvalue weighted by Gasteiger charge is -2.12. The first-order valence-electron chi connectivity index (χ1n) is 7.70. The van der Waals surface area contributed by atoms with Crippen molar-refractivity contribution >= 4 is 28.1 Å². The van der Waals surface area contributed by atoms with Crippen LogP contribution in [0.4, 0.5) is 21.6 Å². The molecule has 0 saturated heterocycles. The van der Waals surface area contributed by atoms with Gasteiger partial charge < -0.3 is 11.1 Å². The van der Waals surface area contributed by atoms with E-state index in [-0.39, 0.29) is 5.82 Å². The molecule has 0 bridgehead atoms. The van der Waals surface area contributed by atoms with Crippen LogP contribution in [0.1, 0.15) is 0 Å². The smallest absolute Gasteiger partial charge is 0.165 e. The second-order valence-corrected chi connectivity index (χ2v) is 5.51. The fourth-order valence-corrected chi connectivity index (χ4v) is 2.58. The average molecular weight is 331 g/mol. The Morgan fingerprint density at radius 1 is 0.920 bits per heavy atom. The second-order valence-electron chi connectivity index (χ2n) is 5.51. The molecule has 6 heteroatoms. The zero-order chi connectivity index (χ0) is 17.2. The van der Waals surface area contributed by atoms with E-state index in [1.54, 1.807) is 48.8 Å². The van der Waals surface area contributed by atoms with Crippen LogP contribution in [0.15, 0.2) is 67.0 Å². The number of nitrogens with two attached hydrogens (primary N) is 1. The molecule has 2 heterocycles. The Hall–Kier alpha value is -3.54. The van der Waals surface area contributed by atoms with E-state index < -0.39 is 0 Å². The number of hydrogen-bond donors (Lipinski definition) is 2. The van der Waals surface area contributed by atoms with Gasteiger partial charge >= 0.3 is 0 Å². The minimum atomic E-state index is -0.368. The van der Waals surface area contributed by atoms with Gasteiger partial charge in [-0.3, -0.25) is 4.98 Å². The third-order valence-electron chi connectivity index (χ3n) is 3.78. The minimum Gasteiger partial charge on any atom is -0.399 e. The first kappa shape index (κ1) is 15.0. The Morgan fingerprint density at radius 2 is 1.72 bits per heavy atom. The average Bonchev–Trinajstić information content (AvgIpc) is 2.63. The van der Waals surface area contributed by atoms with Crippen LogP contribution in [0.2, 0.25) is 0 Å². The summed E-state index contributed by atoms with van der Waals surface area (Å²) in [5.74, 6) is 0.501. The van der Waals surface area contributed by atoms with Crippen molar-refractivity contribution in [3.8, 4) is 11.4 Å². The predicted octanol–water partition coefficient (Wildman–Crippen LogP) is 4.16. The van der Waals surface area contributed by atoms with Crippen molar-refractivity contribution in [2.45, 2.75) is 0 Å². The van der Waals surface area contributed by atoms with Gasteiger partial charge in [-0.25, -0.2) is 14.4 Å². The van der Waals surface area contributed by atoms with Gasteiger partial charge in [-0.2, -0.15) is 0 Å². The van der Waals surface area contributed by atoms with E-state index in [2.05, 4.69) is 20.3 Å². The van der Waals surface area contributed by atoms with Crippen molar-refractivity contribution in [1.82, 2.24) is 15.0 Å². The van der Waals surface area contributed by atoms with Gasteiger partial charge in [0.15, 0.2) is 5.82 Å². The molecule has 0 atom stereocenters. The molecule has 0 aliphatic carbocycles. The number of benzene rings is 2. The normalized spacial score (nSPS) is 10.8. The van der Waals surface area contributed by atoms with Crippen molar-refractivity contribution in [3.63, 3.8) is 0 Å². The molecule has 25 heavy (non-hydrogen) atoms. The molecule has 4 rings (SSSR count). The molecule has 0 aliphatic heterocycles. The van der Waals surface area contributed by atoms with Gasteiger partial charge in [-0.1, -0.05) is 12.1 Å². The summed E-state index contributed by atoms with van der Waals surface area (Å²) in [7, 11) is 0. The van der Waals surface area contributed by atoms with Crippen LogP contribution in [0.3, 0.4) is 0 Å². The van der Waals surface area contributed by atoms with Gasteiger partial charge in [0.25, 0.3) is 0 Å². The second kappa shape index (κ2) is 6.16. The van der Waals surface area contributed by atoms with Crippen LogP contribution in [-0.2, 0) is 0 Å². The largest absolute Gasteiger partial charge is 0.399 e. The van der Waals surface area contributed by atoms with Crippen molar-refractivity contribution in [1.29, 1.82) is 0 Å². The van der Waals surface area contributed by atoms with E-state index in [9.17, 15) is 4.39 Å². The maximum Gasteiger partial charge on any atom is 0.165 e. The molecule has 122 valence electrons. The molecule has 0 spiro atoms. The highest BCUT2D eigenvalue weighted by atomic mass is 19.1. The monoisotopic (exact) mass is 331 g/mol. The van der Waals surface area contributed by atoms with Crippen LogP contribution < -0.4 is 11.1 Å². The van der Waals surface area contributed by atoms with E-state index in [1.807, 2.05) is 12.1 Å². The Balaban J connectivity index is 1.92. The van der Waals surface area contributed by atoms with Gasteiger partial charge in [-0.15, -0.1) is 0 Å². The summed E-state index contributed by atoms with van der Waals surface area (Å²) in [4.78, 5) is 13.0. The SMILES string of the molecule is Nc1ccc2nc(-c3ccccc3F)nc(Nc3ccncc3)c2c1. The summed E-state index contributed by atoms with van der Waals surface area (Å²) >= 11 is 0. The molecule has 0 radical (unpaired) electrons. The lowest BCUT2D eigenvalue weighted by atomic mass is 10.1. The molecule has 0 amide bonds. The quantitative estimate of drug-likeness (QED) is 0.551. The maximum absolute atomic E-state index is 14.2. The molecule has 2 aromatic carbocycles. The number of rotatable bonds is 3. The molecule has 5 nitrogen and oxygen atoms in total. The third-order valence-corrected chi connectivity index (χ3v) is 3.78. The summed E-state index contributed by atoms with van der Waals surface area (Å²) in [6.07, 6.45) is 3.36. The zero-order valence-electron chi connectivity index (χ0n) is 13.1. The number of pyridine rings is 1. The summed E-state index contributed by atoms with van der Waals surface area (Å²) < 4.78 is 14.2. The summed E-state index contributed by atoms with van der Waals surface area (Å²) in [6.45, 7) is 0. The topological polar surface area (TPSA) is 76.7 Å². The van der Waals surface area contributed by atoms with Crippen LogP contribution >= 0.6 is 0 Å². The third kappa shape index (κ3) is 2.97. The van der Waals surface area contributed by atoms with Crippen molar-refractivity contribution in [2.75, 3.05) is 11.1 Å². The molecule has 0 saturated carbocycles. The van der Waals surface area contributed by atoms with E-state index in [1.165, 1.54) is 6.07 Å².